The Morgan fingerprint density at radius 2 is 2.11 bits per heavy atom. The standard InChI is InChI=1S/C15H15N3O/c1-3-12-4-5-13(10-11(12)2)19-15-7-6-14-16-8-9-18(14)17-15/h4-10H,3H2,1-2H3. The van der Waals surface area contributed by atoms with Crippen molar-refractivity contribution in [1.29, 1.82) is 0 Å². The Balaban J connectivity index is 1.89. The Morgan fingerprint density at radius 3 is 2.89 bits per heavy atom. The number of hydrogen-bond donors (Lipinski definition) is 0. The maximum Gasteiger partial charge on any atom is 0.237 e. The smallest absolute Gasteiger partial charge is 0.237 e. The van der Waals surface area contributed by atoms with Crippen LogP contribution in [0.15, 0.2) is 42.7 Å². The Bertz CT molecular complexity index is 718. The van der Waals surface area contributed by atoms with Crippen LogP contribution in [-0.2, 0) is 6.42 Å². The molecule has 0 fully saturated rings. The van der Waals surface area contributed by atoms with Crippen molar-refractivity contribution in [2.24, 2.45) is 0 Å². The van der Waals surface area contributed by atoms with Gasteiger partial charge in [0.05, 0.1) is 0 Å². The first-order chi connectivity index (χ1) is 9.26. The first-order valence-electron chi connectivity index (χ1n) is 6.34. The van der Waals surface area contributed by atoms with Crippen molar-refractivity contribution in [3.63, 3.8) is 0 Å². The summed E-state index contributed by atoms with van der Waals surface area (Å²) < 4.78 is 7.47. The van der Waals surface area contributed by atoms with Crippen LogP contribution in [0.4, 0.5) is 0 Å². The molecule has 2 aromatic heterocycles. The minimum Gasteiger partial charge on any atom is -0.438 e. The van der Waals surface area contributed by atoms with E-state index in [-0.39, 0.29) is 0 Å². The summed E-state index contributed by atoms with van der Waals surface area (Å²) in [4.78, 5) is 4.15. The Morgan fingerprint density at radius 1 is 1.21 bits per heavy atom. The lowest BCUT2D eigenvalue weighted by Gasteiger charge is -2.08. The van der Waals surface area contributed by atoms with E-state index in [0.717, 1.165) is 17.8 Å². The lowest BCUT2D eigenvalue weighted by molar-refractivity contribution is 0.452. The van der Waals surface area contributed by atoms with Gasteiger partial charge in [-0.2, -0.15) is 0 Å². The second kappa shape index (κ2) is 4.72. The van der Waals surface area contributed by atoms with Gasteiger partial charge in [-0.15, -0.1) is 5.10 Å². The Kier molecular flexibility index (Phi) is 2.91. The zero-order chi connectivity index (χ0) is 13.2. The van der Waals surface area contributed by atoms with Crippen LogP contribution < -0.4 is 4.74 Å². The summed E-state index contributed by atoms with van der Waals surface area (Å²) in [6.45, 7) is 4.25. The molecular formula is C15H15N3O. The van der Waals surface area contributed by atoms with E-state index in [1.807, 2.05) is 24.3 Å². The van der Waals surface area contributed by atoms with Gasteiger partial charge in [-0.05, 0) is 42.7 Å². The molecule has 0 aliphatic rings. The highest BCUT2D eigenvalue weighted by atomic mass is 16.5. The van der Waals surface area contributed by atoms with Crippen LogP contribution >= 0.6 is 0 Å². The topological polar surface area (TPSA) is 39.4 Å². The van der Waals surface area contributed by atoms with Crippen molar-refractivity contribution >= 4 is 5.65 Å². The lowest BCUT2D eigenvalue weighted by Crippen LogP contribution is -1.95. The minimum atomic E-state index is 0.564. The fourth-order valence-corrected chi connectivity index (χ4v) is 2.10. The number of fused-ring (bicyclic) bond motifs is 1. The number of hydrogen-bond acceptors (Lipinski definition) is 3. The number of ether oxygens (including phenoxy) is 1. The van der Waals surface area contributed by atoms with E-state index in [1.54, 1.807) is 16.9 Å². The van der Waals surface area contributed by atoms with Gasteiger partial charge < -0.3 is 4.74 Å². The molecule has 1 aromatic carbocycles. The van der Waals surface area contributed by atoms with E-state index in [4.69, 9.17) is 4.74 Å². The minimum absolute atomic E-state index is 0.564. The van der Waals surface area contributed by atoms with Gasteiger partial charge in [-0.3, -0.25) is 0 Å². The predicted molar refractivity (Wildman–Crippen MR) is 73.6 cm³/mol. The molecule has 96 valence electrons. The molecule has 0 spiro atoms. The average molecular weight is 253 g/mol. The van der Waals surface area contributed by atoms with Crippen LogP contribution in [0.1, 0.15) is 18.1 Å². The van der Waals surface area contributed by atoms with E-state index in [2.05, 4.69) is 30.0 Å². The number of nitrogens with zero attached hydrogens (tertiary/aromatic N) is 3. The highest BCUT2D eigenvalue weighted by molar-refractivity contribution is 5.40. The molecule has 2 heterocycles. The highest BCUT2D eigenvalue weighted by Gasteiger charge is 2.03. The third-order valence-corrected chi connectivity index (χ3v) is 3.15. The van der Waals surface area contributed by atoms with E-state index < -0.39 is 0 Å². The van der Waals surface area contributed by atoms with Gasteiger partial charge >= 0.3 is 0 Å². The number of aromatic nitrogens is 3. The molecule has 0 saturated heterocycles. The van der Waals surface area contributed by atoms with Gasteiger partial charge in [-0.1, -0.05) is 13.0 Å². The number of benzene rings is 1. The zero-order valence-corrected chi connectivity index (χ0v) is 11.0. The molecule has 0 unspecified atom stereocenters. The largest absolute Gasteiger partial charge is 0.438 e. The van der Waals surface area contributed by atoms with Crippen molar-refractivity contribution in [3.05, 3.63) is 53.9 Å². The summed E-state index contributed by atoms with van der Waals surface area (Å²) in [7, 11) is 0. The maximum absolute atomic E-state index is 5.78. The summed E-state index contributed by atoms with van der Waals surface area (Å²) >= 11 is 0. The zero-order valence-electron chi connectivity index (χ0n) is 11.0. The van der Waals surface area contributed by atoms with Crippen molar-refractivity contribution in [3.8, 4) is 11.6 Å². The molecule has 3 aromatic rings. The SMILES string of the molecule is CCc1ccc(Oc2ccc3nccn3n2)cc1C. The van der Waals surface area contributed by atoms with E-state index >= 15 is 0 Å². The fourth-order valence-electron chi connectivity index (χ4n) is 2.10. The molecule has 0 saturated carbocycles. The quantitative estimate of drug-likeness (QED) is 0.718. The summed E-state index contributed by atoms with van der Waals surface area (Å²) in [6.07, 6.45) is 4.55. The molecule has 4 heteroatoms. The van der Waals surface area contributed by atoms with Crippen molar-refractivity contribution in [1.82, 2.24) is 14.6 Å². The van der Waals surface area contributed by atoms with Gasteiger partial charge in [-0.25, -0.2) is 9.50 Å². The van der Waals surface area contributed by atoms with Crippen LogP contribution in [0.25, 0.3) is 5.65 Å². The number of imidazole rings is 1. The molecule has 0 aliphatic carbocycles. The van der Waals surface area contributed by atoms with E-state index in [1.165, 1.54) is 11.1 Å². The molecule has 0 amide bonds. The van der Waals surface area contributed by atoms with Gasteiger partial charge in [0, 0.05) is 18.5 Å². The molecule has 0 bridgehead atoms. The molecule has 0 atom stereocenters. The maximum atomic E-state index is 5.78. The molecule has 0 radical (unpaired) electrons. The molecule has 4 nitrogen and oxygen atoms in total. The number of aryl methyl sites for hydroxylation is 2. The number of rotatable bonds is 3. The van der Waals surface area contributed by atoms with Crippen LogP contribution in [-0.4, -0.2) is 14.6 Å². The first-order valence-corrected chi connectivity index (χ1v) is 6.34. The highest BCUT2D eigenvalue weighted by Crippen LogP contribution is 2.22. The Hall–Kier alpha value is -2.36. The fraction of sp³-hybridized carbons (Fsp3) is 0.200. The van der Waals surface area contributed by atoms with Gasteiger partial charge in [0.25, 0.3) is 0 Å². The van der Waals surface area contributed by atoms with Crippen LogP contribution in [0, 0.1) is 6.92 Å². The summed E-state index contributed by atoms with van der Waals surface area (Å²) in [5.74, 6) is 1.37. The molecule has 0 aliphatic heterocycles. The lowest BCUT2D eigenvalue weighted by atomic mass is 10.1. The second-order valence-electron chi connectivity index (χ2n) is 4.45. The molecule has 0 N–H and O–H groups in total. The van der Waals surface area contributed by atoms with Gasteiger partial charge in [0.15, 0.2) is 5.65 Å². The van der Waals surface area contributed by atoms with E-state index in [9.17, 15) is 0 Å². The first kappa shape index (κ1) is 11.7. The van der Waals surface area contributed by atoms with Crippen LogP contribution in [0.3, 0.4) is 0 Å². The van der Waals surface area contributed by atoms with Gasteiger partial charge in [0.1, 0.15) is 5.75 Å². The van der Waals surface area contributed by atoms with Crippen molar-refractivity contribution in [2.75, 3.05) is 0 Å². The van der Waals surface area contributed by atoms with Gasteiger partial charge in [0.2, 0.25) is 5.88 Å². The monoisotopic (exact) mass is 253 g/mol. The van der Waals surface area contributed by atoms with E-state index in [0.29, 0.717) is 5.88 Å². The van der Waals surface area contributed by atoms with Crippen LogP contribution in [0.2, 0.25) is 0 Å². The molecule has 19 heavy (non-hydrogen) atoms. The Labute approximate surface area is 111 Å². The average Bonchev–Trinajstić information content (AvgIpc) is 2.86. The van der Waals surface area contributed by atoms with Crippen molar-refractivity contribution < 1.29 is 4.74 Å². The predicted octanol–water partition coefficient (Wildman–Crippen LogP) is 3.39. The van der Waals surface area contributed by atoms with Crippen molar-refractivity contribution in [2.45, 2.75) is 20.3 Å². The molecule has 3 rings (SSSR count). The second-order valence-corrected chi connectivity index (χ2v) is 4.45. The normalized spacial score (nSPS) is 10.8. The third-order valence-electron chi connectivity index (χ3n) is 3.15. The summed E-state index contributed by atoms with van der Waals surface area (Å²) in [6, 6.07) is 9.83. The summed E-state index contributed by atoms with van der Waals surface area (Å²) in [5.41, 5.74) is 3.39. The molecular weight excluding hydrogens is 238 g/mol. The summed E-state index contributed by atoms with van der Waals surface area (Å²) in [5, 5.41) is 4.33. The van der Waals surface area contributed by atoms with Crippen LogP contribution in [0.5, 0.6) is 11.6 Å². The third kappa shape index (κ3) is 2.29.